The third-order valence-electron chi connectivity index (χ3n) is 2.23. The second-order valence-electron chi connectivity index (χ2n) is 2.64. The van der Waals surface area contributed by atoms with Crippen LogP contribution in [0.15, 0.2) is 12.2 Å². The highest BCUT2D eigenvalue weighted by atomic mass is 14.3. The number of hydrogen-bond acceptors (Lipinski definition) is 0. The molecule has 0 radical (unpaired) electrons. The van der Waals surface area contributed by atoms with E-state index in [-0.39, 0.29) is 0 Å². The standard InChI is InChI=1S/C7H10/c1-2-6-4-5-7(6)3-1/h4-7H,1-3H2/t6-,7?/m0/s1. The van der Waals surface area contributed by atoms with Crippen LogP contribution in [0, 0.1) is 11.8 Å². The van der Waals surface area contributed by atoms with Crippen molar-refractivity contribution in [3.05, 3.63) is 12.2 Å². The van der Waals surface area contributed by atoms with Crippen molar-refractivity contribution in [3.63, 3.8) is 0 Å². The highest BCUT2D eigenvalue weighted by Gasteiger charge is 2.28. The largest absolute Gasteiger partial charge is 0.0845 e. The number of allylic oxidation sites excluding steroid dienone is 2. The molecule has 0 amide bonds. The lowest BCUT2D eigenvalue weighted by Gasteiger charge is -2.19. The third-order valence-corrected chi connectivity index (χ3v) is 2.23. The summed E-state index contributed by atoms with van der Waals surface area (Å²) in [6, 6.07) is 0. The molecule has 0 aromatic rings. The molecule has 2 aliphatic carbocycles. The third kappa shape index (κ3) is 0.370. The summed E-state index contributed by atoms with van der Waals surface area (Å²) in [5.74, 6) is 2.03. The Morgan fingerprint density at radius 1 is 1.00 bits per heavy atom. The van der Waals surface area contributed by atoms with Gasteiger partial charge in [0.05, 0.1) is 0 Å². The number of rotatable bonds is 0. The second-order valence-corrected chi connectivity index (χ2v) is 2.64. The summed E-state index contributed by atoms with van der Waals surface area (Å²) in [5.41, 5.74) is 0. The summed E-state index contributed by atoms with van der Waals surface area (Å²) in [4.78, 5) is 0. The van der Waals surface area contributed by atoms with Crippen LogP contribution in [0.1, 0.15) is 19.3 Å². The van der Waals surface area contributed by atoms with Crippen molar-refractivity contribution in [2.24, 2.45) is 11.8 Å². The van der Waals surface area contributed by atoms with Crippen LogP contribution in [0.3, 0.4) is 0 Å². The molecule has 0 aromatic carbocycles. The summed E-state index contributed by atoms with van der Waals surface area (Å²) in [5, 5.41) is 0. The van der Waals surface area contributed by atoms with Crippen LogP contribution in [0.25, 0.3) is 0 Å². The van der Waals surface area contributed by atoms with Crippen LogP contribution in [-0.4, -0.2) is 0 Å². The fraction of sp³-hybridized carbons (Fsp3) is 0.714. The molecule has 7 heavy (non-hydrogen) atoms. The van der Waals surface area contributed by atoms with Crippen molar-refractivity contribution in [2.45, 2.75) is 19.3 Å². The lowest BCUT2D eigenvalue weighted by Crippen LogP contribution is -2.09. The summed E-state index contributed by atoms with van der Waals surface area (Å²) in [6.45, 7) is 0. The molecule has 2 aliphatic rings. The Morgan fingerprint density at radius 3 is 1.86 bits per heavy atom. The van der Waals surface area contributed by atoms with Crippen molar-refractivity contribution in [2.75, 3.05) is 0 Å². The zero-order chi connectivity index (χ0) is 4.69. The molecule has 1 saturated carbocycles. The van der Waals surface area contributed by atoms with Gasteiger partial charge >= 0.3 is 0 Å². The first-order chi connectivity index (χ1) is 3.47. The number of hydrogen-bond donors (Lipinski definition) is 0. The second kappa shape index (κ2) is 1.12. The minimum Gasteiger partial charge on any atom is -0.0845 e. The Balaban J connectivity index is 2.17. The van der Waals surface area contributed by atoms with Crippen LogP contribution >= 0.6 is 0 Å². The fourth-order valence-corrected chi connectivity index (χ4v) is 1.64. The Morgan fingerprint density at radius 2 is 1.57 bits per heavy atom. The Hall–Kier alpha value is -0.260. The molecule has 0 aromatic heterocycles. The molecule has 0 bridgehead atoms. The molecule has 1 fully saturated rings. The molecule has 0 spiro atoms. The molecular formula is C7H10. The van der Waals surface area contributed by atoms with E-state index in [0.29, 0.717) is 0 Å². The summed E-state index contributed by atoms with van der Waals surface area (Å²) >= 11 is 0. The molecule has 0 N–H and O–H groups in total. The first kappa shape index (κ1) is 3.71. The van der Waals surface area contributed by atoms with Gasteiger partial charge in [-0.1, -0.05) is 18.6 Å². The van der Waals surface area contributed by atoms with Gasteiger partial charge in [0.25, 0.3) is 0 Å². The minimum absolute atomic E-state index is 1.01. The Labute approximate surface area is 44.2 Å². The van der Waals surface area contributed by atoms with E-state index in [0.717, 1.165) is 11.8 Å². The maximum atomic E-state index is 2.36. The van der Waals surface area contributed by atoms with Gasteiger partial charge in [-0.2, -0.15) is 0 Å². The van der Waals surface area contributed by atoms with E-state index in [1.165, 1.54) is 19.3 Å². The van der Waals surface area contributed by atoms with E-state index in [1.807, 2.05) is 0 Å². The monoisotopic (exact) mass is 94.1 g/mol. The molecule has 38 valence electrons. The molecule has 0 aliphatic heterocycles. The van der Waals surface area contributed by atoms with Gasteiger partial charge in [-0.25, -0.2) is 0 Å². The quantitative estimate of drug-likeness (QED) is 0.402. The van der Waals surface area contributed by atoms with E-state index in [1.54, 1.807) is 0 Å². The van der Waals surface area contributed by atoms with Gasteiger partial charge in [-0.3, -0.25) is 0 Å². The molecular weight excluding hydrogens is 84.1 g/mol. The van der Waals surface area contributed by atoms with E-state index in [2.05, 4.69) is 12.2 Å². The highest BCUT2D eigenvalue weighted by molar-refractivity contribution is 5.11. The van der Waals surface area contributed by atoms with Crippen molar-refractivity contribution in [1.29, 1.82) is 0 Å². The van der Waals surface area contributed by atoms with Crippen LogP contribution in [0.2, 0.25) is 0 Å². The summed E-state index contributed by atoms with van der Waals surface area (Å²) in [6.07, 6.45) is 9.14. The van der Waals surface area contributed by atoms with Gasteiger partial charge in [-0.15, -0.1) is 0 Å². The van der Waals surface area contributed by atoms with Gasteiger partial charge in [0.1, 0.15) is 0 Å². The van der Waals surface area contributed by atoms with Gasteiger partial charge in [-0.05, 0) is 24.7 Å². The van der Waals surface area contributed by atoms with Crippen LogP contribution < -0.4 is 0 Å². The number of fused-ring (bicyclic) bond motifs is 1. The lowest BCUT2D eigenvalue weighted by atomic mass is 9.86. The fourth-order valence-electron chi connectivity index (χ4n) is 1.64. The molecule has 2 atom stereocenters. The molecule has 1 unspecified atom stereocenters. The zero-order valence-corrected chi connectivity index (χ0v) is 4.43. The predicted molar refractivity (Wildman–Crippen MR) is 30.0 cm³/mol. The van der Waals surface area contributed by atoms with Gasteiger partial charge in [0, 0.05) is 0 Å². The van der Waals surface area contributed by atoms with Crippen LogP contribution in [0.4, 0.5) is 0 Å². The van der Waals surface area contributed by atoms with Crippen LogP contribution in [-0.2, 0) is 0 Å². The van der Waals surface area contributed by atoms with Crippen LogP contribution in [0.5, 0.6) is 0 Å². The average molecular weight is 94.2 g/mol. The van der Waals surface area contributed by atoms with Crippen molar-refractivity contribution >= 4 is 0 Å². The molecule has 0 nitrogen and oxygen atoms in total. The zero-order valence-electron chi connectivity index (χ0n) is 4.43. The van der Waals surface area contributed by atoms with E-state index >= 15 is 0 Å². The summed E-state index contributed by atoms with van der Waals surface area (Å²) in [7, 11) is 0. The first-order valence-electron chi connectivity index (χ1n) is 3.15. The predicted octanol–water partition coefficient (Wildman–Crippen LogP) is 1.97. The molecule has 0 heteroatoms. The van der Waals surface area contributed by atoms with Crippen molar-refractivity contribution in [3.8, 4) is 0 Å². The normalized spacial score (nSPS) is 45.7. The van der Waals surface area contributed by atoms with Crippen molar-refractivity contribution in [1.82, 2.24) is 0 Å². The highest BCUT2D eigenvalue weighted by Crippen LogP contribution is 2.39. The van der Waals surface area contributed by atoms with E-state index in [4.69, 9.17) is 0 Å². The molecule has 2 rings (SSSR count). The van der Waals surface area contributed by atoms with Gasteiger partial charge in [0.15, 0.2) is 0 Å². The molecule has 0 saturated heterocycles. The minimum atomic E-state index is 1.01. The maximum absolute atomic E-state index is 2.36. The van der Waals surface area contributed by atoms with Crippen molar-refractivity contribution < 1.29 is 0 Å². The van der Waals surface area contributed by atoms with E-state index < -0.39 is 0 Å². The maximum Gasteiger partial charge on any atom is -0.0170 e. The van der Waals surface area contributed by atoms with Gasteiger partial charge in [0.2, 0.25) is 0 Å². The topological polar surface area (TPSA) is 0 Å². The van der Waals surface area contributed by atoms with E-state index in [9.17, 15) is 0 Å². The average Bonchev–Trinajstić information content (AvgIpc) is 1.85. The smallest absolute Gasteiger partial charge is 0.0170 e. The molecule has 0 heterocycles. The SMILES string of the molecule is C1=C[C@@H]2CCCC12. The lowest BCUT2D eigenvalue weighted by molar-refractivity contribution is 0.501. The van der Waals surface area contributed by atoms with Gasteiger partial charge < -0.3 is 0 Å². The Bertz CT molecular complexity index is 90.6. The first-order valence-corrected chi connectivity index (χ1v) is 3.15. The summed E-state index contributed by atoms with van der Waals surface area (Å²) < 4.78 is 0. The Kier molecular flexibility index (Phi) is 0.592.